The highest BCUT2D eigenvalue weighted by molar-refractivity contribution is 9.10. The summed E-state index contributed by atoms with van der Waals surface area (Å²) in [4.78, 5) is 2.55. The van der Waals surface area contributed by atoms with Crippen LogP contribution < -0.4 is 0 Å². The van der Waals surface area contributed by atoms with Crippen LogP contribution in [0, 0.1) is 0 Å². The summed E-state index contributed by atoms with van der Waals surface area (Å²) in [5.41, 5.74) is 5.99. The number of hydrogen-bond acceptors (Lipinski definition) is 1. The average Bonchev–Trinajstić information content (AvgIpc) is 2.81. The van der Waals surface area contributed by atoms with Crippen LogP contribution in [0.3, 0.4) is 0 Å². The molecule has 1 aliphatic heterocycles. The van der Waals surface area contributed by atoms with E-state index in [0.717, 1.165) is 13.0 Å². The Bertz CT molecular complexity index is 916. The van der Waals surface area contributed by atoms with Gasteiger partial charge >= 0.3 is 0 Å². The van der Waals surface area contributed by atoms with Gasteiger partial charge in [-0.1, -0.05) is 57.6 Å². The maximum atomic E-state index is 4.06. The first-order chi connectivity index (χ1) is 12.0. The Morgan fingerprint density at radius 3 is 2.54 bits per heavy atom. The van der Waals surface area contributed by atoms with Crippen LogP contribution in [0.25, 0.3) is 10.9 Å². The van der Waals surface area contributed by atoms with Crippen LogP contribution in [0.2, 0.25) is 18.1 Å². The largest absolute Gasteiger partial charge is 0.362 e. The van der Waals surface area contributed by atoms with E-state index in [1.54, 1.807) is 0 Å². The van der Waals surface area contributed by atoms with Crippen molar-refractivity contribution in [3.05, 3.63) is 45.6 Å². The van der Waals surface area contributed by atoms with Crippen molar-refractivity contribution < 1.29 is 0 Å². The lowest BCUT2D eigenvalue weighted by atomic mass is 9.77. The van der Waals surface area contributed by atoms with E-state index in [2.05, 4.69) is 97.2 Å². The van der Waals surface area contributed by atoms with Gasteiger partial charge in [0.2, 0.25) is 0 Å². The summed E-state index contributed by atoms with van der Waals surface area (Å²) < 4.78 is 4.03. The highest BCUT2D eigenvalue weighted by Gasteiger charge is 2.43. The van der Waals surface area contributed by atoms with Gasteiger partial charge in [-0.3, -0.25) is 4.90 Å². The summed E-state index contributed by atoms with van der Waals surface area (Å²) in [5.74, 6) is 0.520. The number of nitrogens with zero attached hydrogens (tertiary/aromatic N) is 2. The molecule has 1 aliphatic carbocycles. The summed E-state index contributed by atoms with van der Waals surface area (Å²) in [6.45, 7) is 15.6. The zero-order valence-electron chi connectivity index (χ0n) is 17.2. The van der Waals surface area contributed by atoms with Gasteiger partial charge in [-0.05, 0) is 58.6 Å². The molecule has 0 spiro atoms. The molecule has 0 N–H and O–H groups in total. The Kier molecular flexibility index (Phi) is 4.15. The minimum Gasteiger partial charge on any atom is -0.362 e. The van der Waals surface area contributed by atoms with Gasteiger partial charge in [0.1, 0.15) is 0 Å². The lowest BCUT2D eigenvalue weighted by Crippen LogP contribution is -2.45. The fourth-order valence-corrected chi connectivity index (χ4v) is 8.77. The predicted molar refractivity (Wildman–Crippen MR) is 119 cm³/mol. The van der Waals surface area contributed by atoms with E-state index in [1.165, 1.54) is 32.2 Å². The molecule has 0 unspecified atom stereocenters. The van der Waals surface area contributed by atoms with Gasteiger partial charge in [0.15, 0.2) is 8.24 Å². The normalized spacial score (nSPS) is 23.9. The van der Waals surface area contributed by atoms with Crippen LogP contribution in [-0.4, -0.2) is 37.0 Å². The highest BCUT2D eigenvalue weighted by atomic mass is 79.9. The van der Waals surface area contributed by atoms with Crippen LogP contribution in [0.5, 0.6) is 0 Å². The van der Waals surface area contributed by atoms with Crippen molar-refractivity contribution in [3.8, 4) is 0 Å². The summed E-state index contributed by atoms with van der Waals surface area (Å²) in [6.07, 6.45) is 3.67. The summed E-state index contributed by atoms with van der Waals surface area (Å²) in [6, 6.07) is 7.56. The van der Waals surface area contributed by atoms with E-state index >= 15 is 0 Å². The summed E-state index contributed by atoms with van der Waals surface area (Å²) in [5, 5.41) is 1.81. The number of hydrogen-bond donors (Lipinski definition) is 0. The molecule has 2 aliphatic rings. The first kappa shape index (κ1) is 18.5. The number of rotatable bonds is 1. The highest BCUT2D eigenvalue weighted by Crippen LogP contribution is 2.49. The fourth-order valence-electron chi connectivity index (χ4n) is 4.81. The average molecular weight is 431 g/mol. The molecular formula is C22H31BrN2Si. The molecule has 4 rings (SSSR count). The van der Waals surface area contributed by atoms with E-state index in [-0.39, 0.29) is 0 Å². The number of likely N-dealkylation sites (N-methyl/N-ethyl adjacent to an activating group) is 1. The Balaban J connectivity index is 2.03. The maximum absolute atomic E-state index is 4.06. The van der Waals surface area contributed by atoms with Crippen LogP contribution in [0.4, 0.5) is 0 Å². The smallest absolute Gasteiger partial charge is 0.162 e. The van der Waals surface area contributed by atoms with Crippen LogP contribution >= 0.6 is 15.9 Å². The molecule has 4 heteroatoms. The van der Waals surface area contributed by atoms with E-state index in [4.69, 9.17) is 0 Å². The van der Waals surface area contributed by atoms with Crippen molar-refractivity contribution in [3.63, 3.8) is 0 Å². The number of fused-ring (bicyclic) bond motifs is 2. The molecular weight excluding hydrogens is 400 g/mol. The third-order valence-electron chi connectivity index (χ3n) is 7.17. The van der Waals surface area contributed by atoms with Gasteiger partial charge in [-0.15, -0.1) is 0 Å². The Labute approximate surface area is 167 Å². The third-order valence-corrected chi connectivity index (χ3v) is 13.6. The Morgan fingerprint density at radius 1 is 1.19 bits per heavy atom. The van der Waals surface area contributed by atoms with Crippen molar-refractivity contribution >= 4 is 35.1 Å². The molecule has 1 aromatic heterocycles. The van der Waals surface area contributed by atoms with Gasteiger partial charge in [-0.25, -0.2) is 0 Å². The molecule has 2 atom stereocenters. The molecule has 2 heterocycles. The third kappa shape index (κ3) is 2.45. The SMILES string of the molecule is CC1=C[C@@H]2c3cccc4c3c(c(Br)n4[Si](C)(C)C(C)(C)C)C[C@H]2N(C)C1. The molecule has 1 aromatic carbocycles. The molecule has 2 nitrogen and oxygen atoms in total. The maximum Gasteiger partial charge on any atom is 0.162 e. The Hall–Kier alpha value is -0.843. The van der Waals surface area contributed by atoms with Crippen LogP contribution in [0.1, 0.15) is 44.7 Å². The zero-order chi connectivity index (χ0) is 19.0. The number of aromatic nitrogens is 1. The lowest BCUT2D eigenvalue weighted by Gasteiger charge is -2.40. The molecule has 0 radical (unpaired) electrons. The topological polar surface area (TPSA) is 8.17 Å². The Morgan fingerprint density at radius 2 is 1.88 bits per heavy atom. The second-order valence-corrected chi connectivity index (χ2v) is 15.7. The molecule has 0 saturated heterocycles. The molecule has 0 bridgehead atoms. The van der Waals surface area contributed by atoms with Crippen molar-refractivity contribution in [1.82, 2.24) is 9.13 Å². The quantitative estimate of drug-likeness (QED) is 0.388. The van der Waals surface area contributed by atoms with E-state index in [0.29, 0.717) is 17.0 Å². The van der Waals surface area contributed by atoms with Crippen molar-refractivity contribution in [2.45, 2.75) is 64.2 Å². The molecule has 0 fully saturated rings. The number of benzene rings is 1. The minimum absolute atomic E-state index is 0.294. The molecule has 26 heavy (non-hydrogen) atoms. The number of halogens is 1. The van der Waals surface area contributed by atoms with E-state index in [9.17, 15) is 0 Å². The zero-order valence-corrected chi connectivity index (χ0v) is 19.7. The minimum atomic E-state index is -1.72. The first-order valence-electron chi connectivity index (χ1n) is 9.73. The monoisotopic (exact) mass is 430 g/mol. The fraction of sp³-hybridized carbons (Fsp3) is 0.545. The predicted octanol–water partition coefficient (Wildman–Crippen LogP) is 6.16. The van der Waals surface area contributed by atoms with Crippen molar-refractivity contribution in [1.29, 1.82) is 0 Å². The van der Waals surface area contributed by atoms with Gasteiger partial charge < -0.3 is 4.23 Å². The van der Waals surface area contributed by atoms with Crippen LogP contribution in [-0.2, 0) is 6.42 Å². The van der Waals surface area contributed by atoms with E-state index in [1.807, 2.05) is 0 Å². The first-order valence-corrected chi connectivity index (χ1v) is 13.5. The van der Waals surface area contributed by atoms with Crippen LogP contribution in [0.15, 0.2) is 34.5 Å². The van der Waals surface area contributed by atoms with Gasteiger partial charge in [0.05, 0.1) is 4.60 Å². The molecule has 0 saturated carbocycles. The summed E-state index contributed by atoms with van der Waals surface area (Å²) in [7, 11) is 0.571. The van der Waals surface area contributed by atoms with Crippen molar-refractivity contribution in [2.75, 3.05) is 13.6 Å². The van der Waals surface area contributed by atoms with E-state index < -0.39 is 8.24 Å². The molecule has 0 amide bonds. The molecule has 2 aromatic rings. The second kappa shape index (κ2) is 5.83. The van der Waals surface area contributed by atoms with Gasteiger partial charge in [0, 0.05) is 29.4 Å². The molecule has 140 valence electrons. The standard InChI is InChI=1S/C22H31BrN2Si/c1-14-11-16-15-9-8-10-18-20(15)17(12-19(16)24(5)13-14)21(23)25(18)26(6,7)22(2,3)4/h8-11,16,19H,12-13H2,1-7H3/t16-,19-/m1/s1. The van der Waals surface area contributed by atoms with Crippen molar-refractivity contribution in [2.24, 2.45) is 0 Å². The lowest BCUT2D eigenvalue weighted by molar-refractivity contribution is 0.224. The summed E-state index contributed by atoms with van der Waals surface area (Å²) >= 11 is 4.06. The van der Waals surface area contributed by atoms with Gasteiger partial charge in [0.25, 0.3) is 0 Å². The second-order valence-electron chi connectivity index (χ2n) is 9.88. The van der Waals surface area contributed by atoms with Gasteiger partial charge in [-0.2, -0.15) is 0 Å².